The molecule has 0 aliphatic carbocycles. The third-order valence-electron chi connectivity index (χ3n) is 3.46. The van der Waals surface area contributed by atoms with Crippen LogP contribution >= 0.6 is 0 Å². The summed E-state index contributed by atoms with van der Waals surface area (Å²) in [6.45, 7) is 0. The van der Waals surface area contributed by atoms with Crippen LogP contribution in [0.3, 0.4) is 0 Å². The first-order chi connectivity index (χ1) is 13.5. The molecule has 0 saturated carbocycles. The van der Waals surface area contributed by atoms with Crippen molar-refractivity contribution in [2.75, 3.05) is 16.4 Å². The van der Waals surface area contributed by atoms with Crippen LogP contribution in [0.25, 0.3) is 0 Å². The van der Waals surface area contributed by atoms with Crippen molar-refractivity contribution in [3.8, 4) is 0 Å². The molecular weight excluding hydrogens is 470 g/mol. The molecule has 0 unspecified atom stereocenters. The number of nitrogens with one attached hydrogen (secondary N) is 2. The summed E-state index contributed by atoms with van der Waals surface area (Å²) in [5.74, 6) is -0.743. The minimum absolute atomic E-state index is 0. The van der Waals surface area contributed by atoms with Gasteiger partial charge in [-0.2, -0.15) is 15.0 Å². The van der Waals surface area contributed by atoms with E-state index in [1.165, 1.54) is 36.4 Å². The molecular formula is C15H12N6Na2O6S2. The molecule has 0 spiro atoms. The molecule has 0 saturated heterocycles. The maximum atomic E-state index is 11.4. The Balaban J connectivity index is 0.00000240. The second kappa shape index (κ2) is 11.0. The summed E-state index contributed by atoms with van der Waals surface area (Å²) in [7, 11) is -9.55. The zero-order chi connectivity index (χ0) is 21.2. The van der Waals surface area contributed by atoms with Crippen molar-refractivity contribution < 1.29 is 85.1 Å². The van der Waals surface area contributed by atoms with Gasteiger partial charge < -0.3 is 25.5 Å². The zero-order valence-corrected chi connectivity index (χ0v) is 21.9. The first kappa shape index (κ1) is 27.7. The molecule has 0 aliphatic heterocycles. The summed E-state index contributed by atoms with van der Waals surface area (Å²) in [6, 6.07) is 10.5. The van der Waals surface area contributed by atoms with Crippen molar-refractivity contribution in [3.05, 3.63) is 48.5 Å². The number of nitrogens with zero attached hydrogens (tertiary/aromatic N) is 3. The SMILES string of the molecule is Nc1nc(Nc2ccccc2S(=O)(=O)[O-])nc(Nc2ccccc2S(=O)(=O)[O-])n1.[Na+].[Na+]. The number of anilines is 5. The van der Waals surface area contributed by atoms with Crippen molar-refractivity contribution in [1.82, 2.24) is 15.0 Å². The summed E-state index contributed by atoms with van der Waals surface area (Å²) in [4.78, 5) is 10.5. The molecule has 1 heterocycles. The van der Waals surface area contributed by atoms with E-state index in [9.17, 15) is 25.9 Å². The zero-order valence-electron chi connectivity index (χ0n) is 16.3. The van der Waals surface area contributed by atoms with Gasteiger partial charge in [0.15, 0.2) is 0 Å². The van der Waals surface area contributed by atoms with E-state index in [1.54, 1.807) is 0 Å². The summed E-state index contributed by atoms with van der Waals surface area (Å²) >= 11 is 0. The summed E-state index contributed by atoms with van der Waals surface area (Å²) < 4.78 is 68.3. The molecule has 16 heteroatoms. The number of para-hydroxylation sites is 2. The van der Waals surface area contributed by atoms with Gasteiger partial charge in [-0.25, -0.2) is 16.8 Å². The predicted octanol–water partition coefficient (Wildman–Crippen LogP) is -5.24. The molecule has 12 nitrogen and oxygen atoms in total. The fraction of sp³-hybridized carbons (Fsp3) is 0. The number of aromatic nitrogens is 3. The molecule has 0 atom stereocenters. The molecule has 0 aliphatic rings. The van der Waals surface area contributed by atoms with Crippen LogP contribution < -0.4 is 75.5 Å². The molecule has 3 aromatic rings. The molecule has 0 radical (unpaired) electrons. The van der Waals surface area contributed by atoms with Gasteiger partial charge in [0.25, 0.3) is 0 Å². The van der Waals surface area contributed by atoms with Gasteiger partial charge in [0.1, 0.15) is 20.2 Å². The topological polar surface area (TPSA) is 203 Å². The first-order valence-electron chi connectivity index (χ1n) is 7.69. The maximum Gasteiger partial charge on any atom is 1.00 e. The molecule has 0 bridgehead atoms. The molecule has 1 aromatic heterocycles. The van der Waals surface area contributed by atoms with E-state index >= 15 is 0 Å². The smallest absolute Gasteiger partial charge is 0.744 e. The van der Waals surface area contributed by atoms with Crippen molar-refractivity contribution >= 4 is 49.5 Å². The van der Waals surface area contributed by atoms with Crippen molar-refractivity contribution in [1.29, 1.82) is 0 Å². The Morgan fingerprint density at radius 2 is 1.03 bits per heavy atom. The van der Waals surface area contributed by atoms with E-state index in [4.69, 9.17) is 5.73 Å². The quantitative estimate of drug-likeness (QED) is 0.223. The molecule has 0 amide bonds. The van der Waals surface area contributed by atoms with Crippen LogP contribution in [0.5, 0.6) is 0 Å². The second-order valence-corrected chi connectivity index (χ2v) is 8.19. The Morgan fingerprint density at radius 1 is 0.677 bits per heavy atom. The average Bonchev–Trinajstić information content (AvgIpc) is 2.60. The van der Waals surface area contributed by atoms with Gasteiger partial charge in [0, 0.05) is 0 Å². The number of hydrogen-bond acceptors (Lipinski definition) is 12. The van der Waals surface area contributed by atoms with Gasteiger partial charge in [0.2, 0.25) is 17.8 Å². The fourth-order valence-electron chi connectivity index (χ4n) is 2.32. The van der Waals surface area contributed by atoms with Gasteiger partial charge in [-0.1, -0.05) is 24.3 Å². The monoisotopic (exact) mass is 482 g/mol. The van der Waals surface area contributed by atoms with Crippen molar-refractivity contribution in [2.45, 2.75) is 9.79 Å². The molecule has 31 heavy (non-hydrogen) atoms. The predicted molar refractivity (Wildman–Crippen MR) is 99.6 cm³/mol. The number of nitrogens with two attached hydrogens (primary N) is 1. The fourth-order valence-corrected chi connectivity index (χ4v) is 3.59. The van der Waals surface area contributed by atoms with E-state index in [0.29, 0.717) is 0 Å². The van der Waals surface area contributed by atoms with Crippen molar-refractivity contribution in [3.63, 3.8) is 0 Å². The summed E-state index contributed by atoms with van der Waals surface area (Å²) in [5.41, 5.74) is 5.42. The Kier molecular flexibility index (Phi) is 9.83. The van der Waals surface area contributed by atoms with Crippen LogP contribution in [-0.4, -0.2) is 40.9 Å². The molecule has 3 rings (SSSR count). The maximum absolute atomic E-state index is 11.4. The van der Waals surface area contributed by atoms with Crippen LogP contribution in [0.4, 0.5) is 29.2 Å². The Hall–Kier alpha value is -1.33. The standard InChI is InChI=1S/C15H14N6O6S2.2Na/c16-13-19-14(17-9-5-1-3-7-11(9)28(22,23)24)21-15(20-13)18-10-6-2-4-8-12(10)29(25,26)27;;/h1-8H,(H,22,23,24)(H,25,26,27)(H4,16,17,18,19,20,21);;/q;2*+1/p-2. The van der Waals surface area contributed by atoms with Gasteiger partial charge in [-0.3, -0.25) is 0 Å². The van der Waals surface area contributed by atoms with Crippen LogP contribution in [0.2, 0.25) is 0 Å². The largest absolute Gasteiger partial charge is 1.00 e. The minimum atomic E-state index is -4.78. The number of nitrogen functional groups attached to an aromatic ring is 1. The second-order valence-electron chi connectivity index (χ2n) is 5.49. The third-order valence-corrected chi connectivity index (χ3v) is 5.25. The number of rotatable bonds is 6. The Labute approximate surface area is 222 Å². The van der Waals surface area contributed by atoms with E-state index in [1.807, 2.05) is 0 Å². The summed E-state index contributed by atoms with van der Waals surface area (Å²) in [6.07, 6.45) is 0. The summed E-state index contributed by atoms with van der Waals surface area (Å²) in [5, 5.41) is 5.10. The van der Waals surface area contributed by atoms with Crippen LogP contribution in [0.15, 0.2) is 58.3 Å². The first-order valence-corrected chi connectivity index (χ1v) is 10.5. The molecule has 4 N–H and O–H groups in total. The normalized spacial score (nSPS) is 11.0. The van der Waals surface area contributed by atoms with E-state index in [2.05, 4.69) is 25.6 Å². The van der Waals surface area contributed by atoms with Gasteiger partial charge in [0.05, 0.1) is 21.2 Å². The third kappa shape index (κ3) is 7.35. The van der Waals surface area contributed by atoms with E-state index in [-0.39, 0.29) is 88.3 Å². The average molecular weight is 482 g/mol. The Bertz CT molecular complexity index is 1190. The van der Waals surface area contributed by atoms with E-state index in [0.717, 1.165) is 12.1 Å². The number of benzene rings is 2. The van der Waals surface area contributed by atoms with Crippen molar-refractivity contribution in [2.24, 2.45) is 0 Å². The van der Waals surface area contributed by atoms with Gasteiger partial charge in [-0.15, -0.1) is 0 Å². The van der Waals surface area contributed by atoms with Crippen LogP contribution in [-0.2, 0) is 20.2 Å². The molecule has 0 fully saturated rings. The number of hydrogen-bond donors (Lipinski definition) is 3. The minimum Gasteiger partial charge on any atom is -0.744 e. The van der Waals surface area contributed by atoms with Crippen LogP contribution in [0, 0.1) is 0 Å². The van der Waals surface area contributed by atoms with Gasteiger partial charge in [-0.05, 0) is 24.3 Å². The van der Waals surface area contributed by atoms with Crippen LogP contribution in [0.1, 0.15) is 0 Å². The van der Waals surface area contributed by atoms with Gasteiger partial charge >= 0.3 is 59.1 Å². The molecule has 152 valence electrons. The Morgan fingerprint density at radius 3 is 1.39 bits per heavy atom. The van der Waals surface area contributed by atoms with E-state index < -0.39 is 30.0 Å². The molecule has 2 aromatic carbocycles.